The Hall–Kier alpha value is -5.20. The minimum absolute atomic E-state index is 0.0640. The largest absolute Gasteiger partial charge is 0.395 e. The lowest BCUT2D eigenvalue weighted by molar-refractivity contribution is -0.385. The summed E-state index contributed by atoms with van der Waals surface area (Å²) in [5.74, 6) is -1.53. The predicted molar refractivity (Wildman–Crippen MR) is 179 cm³/mol. The Bertz CT molecular complexity index is 1840. The number of non-ortho nitro benzene ring substituents is 1. The standard InChI is InChI=1S/C36H38N6O6/c1-25(10-5-7-18-39-23-32(37-38-39)30(24-43)27-12-3-2-4-13-27)36(46)31-21-29(42(47)48)16-17-33(31)41(35(36)45)22-26-11-9-14-28(20-26)40-19-8-6-15-34(40)44/h2-5,9-14,16-17,20-21,23,25,30,43,46H,6-8,15,18-19,22,24H2,1H3/b10-5+/t25-,30?,36+/m1/s1. The Labute approximate surface area is 278 Å². The van der Waals surface area contributed by atoms with Gasteiger partial charge in [0, 0.05) is 55.0 Å². The molecule has 12 nitrogen and oxygen atoms in total. The van der Waals surface area contributed by atoms with Crippen molar-refractivity contribution in [2.75, 3.05) is 23.0 Å². The minimum atomic E-state index is -2.04. The van der Waals surface area contributed by atoms with Crippen LogP contribution in [0.15, 0.2) is 91.1 Å². The Morgan fingerprint density at radius 3 is 2.62 bits per heavy atom. The van der Waals surface area contributed by atoms with Gasteiger partial charge in [-0.1, -0.05) is 66.8 Å². The van der Waals surface area contributed by atoms with E-state index in [9.17, 15) is 29.9 Å². The zero-order chi connectivity index (χ0) is 33.8. The van der Waals surface area contributed by atoms with Crippen molar-refractivity contribution in [2.24, 2.45) is 5.92 Å². The molecule has 3 aromatic carbocycles. The number of fused-ring (bicyclic) bond motifs is 1. The van der Waals surface area contributed by atoms with Crippen LogP contribution in [0, 0.1) is 16.0 Å². The SMILES string of the molecule is C[C@H](/C=C/CCn1cc(C(CO)c2ccccc2)nn1)[C@@]1(O)C(=O)N(Cc2cccc(N3CCCCC3=O)c2)c2ccc([N+](=O)[O-])cc21. The zero-order valence-corrected chi connectivity index (χ0v) is 26.7. The van der Waals surface area contributed by atoms with Gasteiger partial charge in [0.05, 0.1) is 35.4 Å². The number of hydrogen-bond acceptors (Lipinski definition) is 8. The van der Waals surface area contributed by atoms with Gasteiger partial charge in [-0.25, -0.2) is 0 Å². The van der Waals surface area contributed by atoms with Crippen molar-refractivity contribution in [1.82, 2.24) is 15.0 Å². The van der Waals surface area contributed by atoms with Crippen LogP contribution in [-0.2, 0) is 28.3 Å². The number of hydrogen-bond donors (Lipinski definition) is 2. The number of nitro groups is 1. The number of amides is 2. The number of benzene rings is 3. The third-order valence-corrected chi connectivity index (χ3v) is 9.26. The van der Waals surface area contributed by atoms with E-state index in [0.29, 0.717) is 37.3 Å². The van der Waals surface area contributed by atoms with Gasteiger partial charge in [-0.15, -0.1) is 5.10 Å². The fourth-order valence-electron chi connectivity index (χ4n) is 6.57. The van der Waals surface area contributed by atoms with E-state index in [1.165, 1.54) is 23.1 Å². The van der Waals surface area contributed by atoms with Crippen LogP contribution >= 0.6 is 0 Å². The van der Waals surface area contributed by atoms with Crippen LogP contribution < -0.4 is 9.80 Å². The van der Waals surface area contributed by atoms with E-state index >= 15 is 0 Å². The molecule has 1 fully saturated rings. The van der Waals surface area contributed by atoms with Crippen molar-refractivity contribution >= 4 is 28.9 Å². The highest BCUT2D eigenvalue weighted by atomic mass is 16.6. The quantitative estimate of drug-likeness (QED) is 0.125. The van der Waals surface area contributed by atoms with Gasteiger partial charge in [-0.2, -0.15) is 0 Å². The highest BCUT2D eigenvalue weighted by Gasteiger charge is 2.53. The molecule has 3 heterocycles. The molecule has 12 heteroatoms. The molecule has 0 bridgehead atoms. The molecular weight excluding hydrogens is 612 g/mol. The molecule has 6 rings (SSSR count). The maximum absolute atomic E-state index is 14.1. The summed E-state index contributed by atoms with van der Waals surface area (Å²) in [5.41, 5.74) is 1.43. The molecule has 248 valence electrons. The van der Waals surface area contributed by atoms with E-state index in [2.05, 4.69) is 10.3 Å². The van der Waals surface area contributed by atoms with Crippen LogP contribution in [0.2, 0.25) is 0 Å². The normalized spacial score (nSPS) is 19.1. The molecule has 48 heavy (non-hydrogen) atoms. The van der Waals surface area contributed by atoms with Gasteiger partial charge < -0.3 is 20.0 Å². The second-order valence-corrected chi connectivity index (χ2v) is 12.3. The number of nitro benzene ring substituents is 1. The molecule has 2 aliphatic rings. The first-order valence-corrected chi connectivity index (χ1v) is 16.2. The Kier molecular flexibility index (Phi) is 9.47. The molecular formula is C36H38N6O6. The predicted octanol–water partition coefficient (Wildman–Crippen LogP) is 4.84. The van der Waals surface area contributed by atoms with Crippen LogP contribution in [0.3, 0.4) is 0 Å². The summed E-state index contributed by atoms with van der Waals surface area (Å²) in [6, 6.07) is 21.2. The molecule has 4 aromatic rings. The van der Waals surface area contributed by atoms with Gasteiger partial charge in [-0.05, 0) is 48.6 Å². The van der Waals surface area contributed by atoms with E-state index in [4.69, 9.17) is 0 Å². The molecule has 2 N–H and O–H groups in total. The lowest BCUT2D eigenvalue weighted by Gasteiger charge is -2.28. The zero-order valence-electron chi connectivity index (χ0n) is 26.7. The maximum atomic E-state index is 14.1. The third kappa shape index (κ3) is 6.36. The summed E-state index contributed by atoms with van der Waals surface area (Å²) in [5, 5.41) is 42.2. The number of carbonyl (C=O) groups excluding carboxylic acids is 2. The van der Waals surface area contributed by atoms with Crippen LogP contribution in [0.4, 0.5) is 17.1 Å². The fourth-order valence-corrected chi connectivity index (χ4v) is 6.57. The number of aromatic nitrogens is 3. The summed E-state index contributed by atoms with van der Waals surface area (Å²) in [6.45, 7) is 2.83. The number of aryl methyl sites for hydroxylation is 1. The average molecular weight is 651 g/mol. The minimum Gasteiger partial charge on any atom is -0.395 e. The van der Waals surface area contributed by atoms with Crippen LogP contribution in [-0.4, -0.2) is 55.1 Å². The number of anilines is 2. The molecule has 3 atom stereocenters. The van der Waals surface area contributed by atoms with E-state index in [-0.39, 0.29) is 36.2 Å². The highest BCUT2D eigenvalue weighted by molar-refractivity contribution is 6.07. The lowest BCUT2D eigenvalue weighted by Crippen LogP contribution is -2.44. The third-order valence-electron chi connectivity index (χ3n) is 9.26. The Morgan fingerprint density at radius 1 is 1.06 bits per heavy atom. The van der Waals surface area contributed by atoms with Crippen molar-refractivity contribution in [3.8, 4) is 0 Å². The average Bonchev–Trinajstić information content (AvgIpc) is 3.65. The van der Waals surface area contributed by atoms with Crippen molar-refractivity contribution in [1.29, 1.82) is 0 Å². The van der Waals surface area contributed by atoms with Gasteiger partial charge >= 0.3 is 0 Å². The topological polar surface area (TPSA) is 155 Å². The first kappa shape index (κ1) is 32.7. The fraction of sp³-hybridized carbons (Fsp3) is 0.333. The number of allylic oxidation sites excluding steroid dienone is 1. The van der Waals surface area contributed by atoms with E-state index in [1.54, 1.807) is 28.8 Å². The molecule has 1 aromatic heterocycles. The van der Waals surface area contributed by atoms with Crippen molar-refractivity contribution < 1.29 is 24.7 Å². The molecule has 0 spiro atoms. The summed E-state index contributed by atoms with van der Waals surface area (Å²) in [7, 11) is 0. The molecule has 2 amide bonds. The second kappa shape index (κ2) is 13.9. The Morgan fingerprint density at radius 2 is 1.88 bits per heavy atom. The van der Waals surface area contributed by atoms with E-state index in [1.807, 2.05) is 60.7 Å². The van der Waals surface area contributed by atoms with Gasteiger partial charge in [0.1, 0.15) is 0 Å². The summed E-state index contributed by atoms with van der Waals surface area (Å²) >= 11 is 0. The molecule has 0 saturated carbocycles. The molecule has 1 saturated heterocycles. The van der Waals surface area contributed by atoms with Crippen molar-refractivity contribution in [3.63, 3.8) is 0 Å². The molecule has 1 unspecified atom stereocenters. The van der Waals surface area contributed by atoms with E-state index in [0.717, 1.165) is 29.7 Å². The monoisotopic (exact) mass is 650 g/mol. The number of carbonyl (C=O) groups is 2. The molecule has 0 radical (unpaired) electrons. The smallest absolute Gasteiger partial charge is 0.269 e. The number of nitrogens with zero attached hydrogens (tertiary/aromatic N) is 6. The number of aliphatic hydroxyl groups excluding tert-OH is 1. The number of aliphatic hydroxyl groups is 2. The van der Waals surface area contributed by atoms with Gasteiger partial charge in [0.15, 0.2) is 5.60 Å². The first-order chi connectivity index (χ1) is 23.2. The first-order valence-electron chi connectivity index (χ1n) is 16.2. The Balaban J connectivity index is 1.19. The van der Waals surface area contributed by atoms with Crippen LogP contribution in [0.5, 0.6) is 0 Å². The molecule has 0 aliphatic carbocycles. The number of rotatable bonds is 12. The number of piperidine rings is 1. The van der Waals surface area contributed by atoms with Crippen LogP contribution in [0.1, 0.15) is 60.9 Å². The second-order valence-electron chi connectivity index (χ2n) is 12.3. The van der Waals surface area contributed by atoms with Crippen molar-refractivity contribution in [2.45, 2.75) is 57.2 Å². The van der Waals surface area contributed by atoms with Gasteiger partial charge in [-0.3, -0.25) is 24.4 Å². The highest BCUT2D eigenvalue weighted by Crippen LogP contribution is 2.47. The van der Waals surface area contributed by atoms with Crippen LogP contribution in [0.25, 0.3) is 0 Å². The maximum Gasteiger partial charge on any atom is 0.269 e. The van der Waals surface area contributed by atoms with Gasteiger partial charge in [0.2, 0.25) is 5.91 Å². The lowest BCUT2D eigenvalue weighted by atomic mass is 9.82. The van der Waals surface area contributed by atoms with Crippen molar-refractivity contribution in [3.05, 3.63) is 124 Å². The molecule has 2 aliphatic heterocycles. The van der Waals surface area contributed by atoms with Gasteiger partial charge in [0.25, 0.3) is 11.6 Å². The van der Waals surface area contributed by atoms with E-state index < -0.39 is 22.3 Å². The summed E-state index contributed by atoms with van der Waals surface area (Å²) < 4.78 is 1.68. The summed E-state index contributed by atoms with van der Waals surface area (Å²) in [4.78, 5) is 41.0. The summed E-state index contributed by atoms with van der Waals surface area (Å²) in [6.07, 6.45) is 8.18.